The molecular weight excluding hydrogens is 807 g/mol. The Balaban J connectivity index is 0.976. The molecule has 350 valence electrons. The van der Waals surface area contributed by atoms with Gasteiger partial charge in [-0.2, -0.15) is 0 Å². The zero-order valence-electron chi connectivity index (χ0n) is 39.1. The molecule has 1 spiro atoms. The zero-order chi connectivity index (χ0) is 43.9. The predicted octanol–water partition coefficient (Wildman–Crippen LogP) is 7.64. The maximum atomic E-state index is 14.5. The first kappa shape index (κ1) is 46.1. The van der Waals surface area contributed by atoms with Gasteiger partial charge in [0, 0.05) is 58.1 Å². The molecular formula is C49H79NO11Si. The van der Waals surface area contributed by atoms with Crippen molar-refractivity contribution >= 4 is 14.1 Å². The molecule has 0 aromatic heterocycles. The summed E-state index contributed by atoms with van der Waals surface area (Å²) in [5.41, 5.74) is 8.24. The number of rotatable bonds is 6. The summed E-state index contributed by atoms with van der Waals surface area (Å²) in [6.45, 7) is 25.1. The third-order valence-corrected chi connectivity index (χ3v) is 21.6. The Morgan fingerprint density at radius 1 is 0.823 bits per heavy atom. The SMILES string of the molecule is C=C1C[C@@H]2CCCC[C@@]34C[C@]5(C)O[C@H]6C(O3)[C@H]3OC(CC[C@@H]3O[C@H]6C5O4)CC(=O)C[C@H]3[C@H](C[C@H]4O[C@@H](CCC1O2)C[C@@H](C)C4=C)OC(C[C@@H](CN)O[Si](C)(C)C(C)(C)C)[C@@H]3OC. The average Bonchev–Trinajstić information content (AvgIpc) is 3.84. The van der Waals surface area contributed by atoms with Gasteiger partial charge in [-0.3, -0.25) is 4.79 Å². The van der Waals surface area contributed by atoms with Crippen molar-refractivity contribution in [3.63, 3.8) is 0 Å². The quantitative estimate of drug-likeness (QED) is 0.208. The highest BCUT2D eigenvalue weighted by Gasteiger charge is 2.73. The van der Waals surface area contributed by atoms with Crippen LogP contribution in [0.5, 0.6) is 0 Å². The Bertz CT molecular complexity index is 1670. The lowest BCUT2D eigenvalue weighted by atomic mass is 9.81. The highest BCUT2D eigenvalue weighted by Crippen LogP contribution is 2.58. The normalized spacial score (nSPS) is 48.0. The molecule has 0 amide bonds. The molecule has 62 heavy (non-hydrogen) atoms. The fourth-order valence-corrected chi connectivity index (χ4v) is 14.1. The van der Waals surface area contributed by atoms with Crippen LogP contribution in [0, 0.1) is 11.8 Å². The molecule has 12 bridgehead atoms. The van der Waals surface area contributed by atoms with Crippen molar-refractivity contribution in [1.82, 2.24) is 0 Å². The summed E-state index contributed by atoms with van der Waals surface area (Å²) in [7, 11) is -0.382. The number of carbonyl (C=O) groups excluding carboxylic acids is 1. The molecule has 0 aromatic rings. The summed E-state index contributed by atoms with van der Waals surface area (Å²) in [6.07, 6.45) is 8.60. The van der Waals surface area contributed by atoms with Gasteiger partial charge < -0.3 is 52.8 Å². The molecule has 0 aliphatic carbocycles. The molecule has 19 atom stereocenters. The third kappa shape index (κ3) is 8.80. The van der Waals surface area contributed by atoms with Crippen molar-refractivity contribution in [2.45, 2.75) is 252 Å². The third-order valence-electron chi connectivity index (χ3n) is 17.1. The van der Waals surface area contributed by atoms with E-state index in [4.69, 9.17) is 52.8 Å². The Morgan fingerprint density at radius 3 is 2.32 bits per heavy atom. The first-order chi connectivity index (χ1) is 29.4. The molecule has 5 unspecified atom stereocenters. The molecule has 12 nitrogen and oxygen atoms in total. The number of hydrogen-bond donors (Lipinski definition) is 1. The van der Waals surface area contributed by atoms with Crippen LogP contribution in [-0.2, 0) is 51.9 Å². The van der Waals surface area contributed by atoms with Gasteiger partial charge in [0.05, 0.1) is 61.0 Å². The van der Waals surface area contributed by atoms with Gasteiger partial charge in [0.25, 0.3) is 0 Å². The Morgan fingerprint density at radius 2 is 1.56 bits per heavy atom. The number of Topliss-reactive ketones (excluding diaryl/α,β-unsaturated/α-hetero) is 1. The number of hydrogen-bond acceptors (Lipinski definition) is 12. The maximum absolute atomic E-state index is 14.5. The van der Waals surface area contributed by atoms with Gasteiger partial charge in [-0.05, 0) is 93.5 Å². The first-order valence-corrected chi connectivity index (χ1v) is 27.4. The standard InChI is InChI=1S/C49H79NO11Si/c1-27-19-32-14-16-36-28(2)20-31(53-36)13-11-12-18-49-26-48(7)46(60-49)45-44(58-48)43(59-49)42-37(57-45)17-15-33(55-42)21-30(51)22-35-39(24-38(54-32)29(27)3)56-40(41(35)52-8)23-34(25-50)61-62(9,10)47(4,5)6/h27,31-46H,2-3,11-26,50H2,1,4-10H3/t27-,31+,32+,33?,34+,35+,36?,37+,38-,39+,40?,41-,42+,43?,44+,45-,46?,48+,49-/m1/s1. The lowest BCUT2D eigenvalue weighted by molar-refractivity contribution is -0.293. The van der Waals surface area contributed by atoms with Crippen molar-refractivity contribution < 1.29 is 51.9 Å². The van der Waals surface area contributed by atoms with Crippen molar-refractivity contribution in [1.29, 1.82) is 0 Å². The fraction of sp³-hybridized carbons (Fsp3) is 0.898. The smallest absolute Gasteiger partial charge is 0.192 e. The van der Waals surface area contributed by atoms with E-state index in [9.17, 15) is 4.79 Å². The van der Waals surface area contributed by atoms with E-state index < -0.39 is 19.7 Å². The predicted molar refractivity (Wildman–Crippen MR) is 236 cm³/mol. The largest absolute Gasteiger partial charge is 0.413 e. The molecule has 10 aliphatic rings. The van der Waals surface area contributed by atoms with Gasteiger partial charge in [0.1, 0.15) is 41.9 Å². The van der Waals surface area contributed by atoms with Gasteiger partial charge in [-0.25, -0.2) is 0 Å². The van der Waals surface area contributed by atoms with Crippen LogP contribution in [0.2, 0.25) is 18.1 Å². The second-order valence-electron chi connectivity index (χ2n) is 22.7. The van der Waals surface area contributed by atoms with Crippen LogP contribution >= 0.6 is 0 Å². The second kappa shape index (κ2) is 17.5. The zero-order valence-corrected chi connectivity index (χ0v) is 40.1. The molecule has 0 aromatic carbocycles. The molecule has 10 rings (SSSR count). The molecule has 2 N–H and O–H groups in total. The number of methoxy groups -OCH3 is 1. The molecule has 0 saturated carbocycles. The van der Waals surface area contributed by atoms with Crippen LogP contribution in [-0.4, -0.2) is 131 Å². The van der Waals surface area contributed by atoms with Crippen LogP contribution in [0.15, 0.2) is 24.3 Å². The number of fused-ring (bicyclic) bond motifs is 6. The van der Waals surface area contributed by atoms with E-state index in [1.54, 1.807) is 7.11 Å². The Hall–Kier alpha value is -1.07. The van der Waals surface area contributed by atoms with Crippen LogP contribution < -0.4 is 5.73 Å². The number of carbonyl (C=O) groups is 1. The summed E-state index contributed by atoms with van der Waals surface area (Å²) in [4.78, 5) is 14.5. The van der Waals surface area contributed by atoms with Crippen LogP contribution in [0.25, 0.3) is 0 Å². The molecule has 10 saturated heterocycles. The van der Waals surface area contributed by atoms with E-state index in [1.807, 2.05) is 0 Å². The molecule has 0 radical (unpaired) electrons. The molecule has 10 aliphatic heterocycles. The first-order valence-electron chi connectivity index (χ1n) is 24.5. The average molecular weight is 886 g/mol. The number of nitrogens with two attached hydrogens (primary N) is 1. The van der Waals surface area contributed by atoms with Gasteiger partial charge in [0.2, 0.25) is 0 Å². The Labute approximate surface area is 372 Å². The minimum absolute atomic E-state index is 0.0316. The van der Waals surface area contributed by atoms with Gasteiger partial charge >= 0.3 is 0 Å². The van der Waals surface area contributed by atoms with Crippen molar-refractivity contribution in [3.05, 3.63) is 24.3 Å². The molecule has 13 heteroatoms. The number of ketones is 1. The van der Waals surface area contributed by atoms with Gasteiger partial charge in [-0.15, -0.1) is 0 Å². The van der Waals surface area contributed by atoms with Gasteiger partial charge in [0.15, 0.2) is 14.1 Å². The van der Waals surface area contributed by atoms with E-state index in [-0.39, 0.29) is 108 Å². The second-order valence-corrected chi connectivity index (χ2v) is 27.4. The van der Waals surface area contributed by atoms with Crippen molar-refractivity contribution in [2.24, 2.45) is 17.6 Å². The Kier molecular flexibility index (Phi) is 13.0. The highest BCUT2D eigenvalue weighted by molar-refractivity contribution is 6.74. The monoisotopic (exact) mass is 886 g/mol. The maximum Gasteiger partial charge on any atom is 0.192 e. The summed E-state index contributed by atoms with van der Waals surface area (Å²) in [5.74, 6) is -0.507. The van der Waals surface area contributed by atoms with E-state index in [1.165, 1.54) is 5.57 Å². The van der Waals surface area contributed by atoms with Crippen LogP contribution in [0.4, 0.5) is 0 Å². The number of ether oxygens (including phenoxy) is 9. The van der Waals surface area contributed by atoms with Crippen molar-refractivity contribution in [2.75, 3.05) is 13.7 Å². The van der Waals surface area contributed by atoms with E-state index in [2.05, 4.69) is 60.9 Å². The van der Waals surface area contributed by atoms with Crippen molar-refractivity contribution in [3.8, 4) is 0 Å². The van der Waals surface area contributed by atoms with Gasteiger partial charge in [-0.1, -0.05) is 47.3 Å². The summed E-state index contributed by atoms with van der Waals surface area (Å²) in [6, 6.07) is 0. The lowest BCUT2D eigenvalue weighted by Crippen LogP contribution is -2.61. The lowest BCUT2D eigenvalue weighted by Gasteiger charge is -2.47. The van der Waals surface area contributed by atoms with Crippen LogP contribution in [0.3, 0.4) is 0 Å². The summed E-state index contributed by atoms with van der Waals surface area (Å²) in [5, 5.41) is 0.0316. The highest BCUT2D eigenvalue weighted by atomic mass is 28.4. The van der Waals surface area contributed by atoms with E-state index in [0.717, 1.165) is 69.8 Å². The minimum Gasteiger partial charge on any atom is -0.413 e. The topological polar surface area (TPSA) is 135 Å². The summed E-state index contributed by atoms with van der Waals surface area (Å²) < 4.78 is 68.5. The molecule has 10 fully saturated rings. The molecule has 10 heterocycles. The van der Waals surface area contributed by atoms with E-state index in [0.29, 0.717) is 44.6 Å². The fourth-order valence-electron chi connectivity index (χ4n) is 12.8. The summed E-state index contributed by atoms with van der Waals surface area (Å²) >= 11 is 0. The minimum atomic E-state index is -2.13. The van der Waals surface area contributed by atoms with Crippen LogP contribution in [0.1, 0.15) is 131 Å². The van der Waals surface area contributed by atoms with E-state index >= 15 is 0 Å².